The van der Waals surface area contributed by atoms with Crippen molar-refractivity contribution in [3.63, 3.8) is 0 Å². The fraction of sp³-hybridized carbons (Fsp3) is 0.775. The maximum Gasteiger partial charge on any atom is 0.285 e. The first-order valence-corrected chi connectivity index (χ1v) is 18.9. The molecule has 3 N–H and O–H groups in total. The van der Waals surface area contributed by atoms with E-state index in [2.05, 4.69) is 49.9 Å². The zero-order valence-electron chi connectivity index (χ0n) is 31.8. The Morgan fingerprint density at radius 1 is 0.920 bits per heavy atom. The number of hydrogen-bond donors (Lipinski definition) is 2. The predicted octanol–water partition coefficient (Wildman–Crippen LogP) is 6.18. The molecule has 50 heavy (non-hydrogen) atoms. The lowest BCUT2D eigenvalue weighted by Crippen LogP contribution is -2.48. The van der Waals surface area contributed by atoms with E-state index >= 15 is 0 Å². The molecule has 1 saturated heterocycles. The van der Waals surface area contributed by atoms with Crippen LogP contribution in [0.3, 0.4) is 0 Å². The number of amides is 2. The molecule has 2 heterocycles. The van der Waals surface area contributed by atoms with Gasteiger partial charge in [0.05, 0.1) is 6.04 Å². The van der Waals surface area contributed by atoms with E-state index in [1.807, 2.05) is 20.8 Å². The highest BCUT2D eigenvalue weighted by Gasteiger charge is 2.85. The Kier molecular flexibility index (Phi) is 10.5. The zero-order chi connectivity index (χ0) is 36.9. The van der Waals surface area contributed by atoms with Crippen molar-refractivity contribution >= 4 is 35.1 Å². The van der Waals surface area contributed by atoms with Gasteiger partial charge in [0.1, 0.15) is 5.78 Å². The number of nitrogens with two attached hydrogens (primary N) is 1. The van der Waals surface area contributed by atoms with Gasteiger partial charge in [0.25, 0.3) is 5.91 Å². The van der Waals surface area contributed by atoms with E-state index in [-0.39, 0.29) is 57.9 Å². The van der Waals surface area contributed by atoms with E-state index < -0.39 is 35.0 Å². The Hall–Kier alpha value is -3.17. The lowest BCUT2D eigenvalue weighted by atomic mass is 9.73. The minimum Gasteiger partial charge on any atom is -0.363 e. The minimum atomic E-state index is -0.999. The van der Waals surface area contributed by atoms with E-state index in [0.717, 1.165) is 38.5 Å². The number of carbonyl (C=O) groups excluding carboxylic acids is 5. The van der Waals surface area contributed by atoms with E-state index in [1.54, 1.807) is 23.4 Å². The summed E-state index contributed by atoms with van der Waals surface area (Å²) in [5, 5.41) is 3.28. The second-order valence-electron chi connectivity index (χ2n) is 18.8. The quantitative estimate of drug-likeness (QED) is 0.207. The number of carbonyl (C=O) groups is 5. The number of hydrogen-bond acceptors (Lipinski definition) is 8. The monoisotopic (exact) mass is 691 g/mol. The highest BCUT2D eigenvalue weighted by Crippen LogP contribution is 2.88. The smallest absolute Gasteiger partial charge is 0.285 e. The summed E-state index contributed by atoms with van der Waals surface area (Å²) in [6.45, 7) is 17.9. The van der Waals surface area contributed by atoms with Crippen molar-refractivity contribution in [1.29, 1.82) is 0 Å². The number of fused-ring (bicyclic) bond motifs is 1. The molecule has 10 nitrogen and oxygen atoms in total. The maximum atomic E-state index is 14.9. The van der Waals surface area contributed by atoms with Gasteiger partial charge in [0.15, 0.2) is 5.78 Å². The SMILES string of the molecule is CC(C)(C)C(CNc1ncccn1)CC(=O)C[C@H](C(=O)N1C[C@]2(C[C@H]1C(=O)CC(CC1CCC1)C(=O)C(N)=O)C(C)(C)C21CCC1)C(C)(C)C. The number of anilines is 1. The molecule has 1 aromatic heterocycles. The summed E-state index contributed by atoms with van der Waals surface area (Å²) < 4.78 is 0. The molecule has 3 saturated carbocycles. The largest absolute Gasteiger partial charge is 0.363 e. The highest BCUT2D eigenvalue weighted by atomic mass is 16.2. The summed E-state index contributed by atoms with van der Waals surface area (Å²) in [6, 6.07) is 1.06. The Bertz CT molecular complexity index is 1470. The first kappa shape index (κ1) is 38.1. The molecule has 4 fully saturated rings. The molecule has 2 spiro atoms. The van der Waals surface area contributed by atoms with Gasteiger partial charge in [-0.25, -0.2) is 9.97 Å². The zero-order valence-corrected chi connectivity index (χ0v) is 31.8. The number of likely N-dealkylation sites (tertiary alicyclic amines) is 1. The Balaban J connectivity index is 1.38. The predicted molar refractivity (Wildman–Crippen MR) is 193 cm³/mol. The van der Waals surface area contributed by atoms with Crippen LogP contribution in [-0.2, 0) is 24.0 Å². The first-order chi connectivity index (χ1) is 23.2. The van der Waals surface area contributed by atoms with Crippen molar-refractivity contribution in [1.82, 2.24) is 14.9 Å². The normalized spacial score (nSPS) is 25.7. The summed E-state index contributed by atoms with van der Waals surface area (Å²) in [7, 11) is 0. The van der Waals surface area contributed by atoms with Crippen molar-refractivity contribution < 1.29 is 24.0 Å². The average molecular weight is 692 g/mol. The number of nitrogens with one attached hydrogen (secondary N) is 1. The number of primary amides is 1. The molecule has 2 unspecified atom stereocenters. The fourth-order valence-electron chi connectivity index (χ4n) is 9.95. The van der Waals surface area contributed by atoms with Crippen molar-refractivity contribution in [3.05, 3.63) is 18.5 Å². The van der Waals surface area contributed by atoms with Crippen molar-refractivity contribution in [2.75, 3.05) is 18.4 Å². The molecular formula is C40H61N5O5. The number of aromatic nitrogens is 2. The number of Topliss-reactive ketones (excluding diaryl/α,β-unsaturated/α-hetero) is 3. The van der Waals surface area contributed by atoms with Crippen molar-refractivity contribution in [2.24, 2.45) is 56.5 Å². The van der Waals surface area contributed by atoms with Crippen LogP contribution in [-0.4, -0.2) is 63.2 Å². The summed E-state index contributed by atoms with van der Waals surface area (Å²) in [5.74, 6) is -2.56. The van der Waals surface area contributed by atoms with Gasteiger partial charge in [-0.1, -0.05) is 81.1 Å². The second kappa shape index (κ2) is 13.8. The molecule has 276 valence electrons. The van der Waals surface area contributed by atoms with Crippen LogP contribution in [0.25, 0.3) is 0 Å². The molecule has 5 rings (SSSR count). The average Bonchev–Trinajstić information content (AvgIpc) is 3.21. The number of rotatable bonds is 15. The van der Waals surface area contributed by atoms with E-state index in [4.69, 9.17) is 5.73 Å². The molecule has 0 radical (unpaired) electrons. The van der Waals surface area contributed by atoms with Gasteiger partial charge in [-0.2, -0.15) is 0 Å². The third-order valence-electron chi connectivity index (χ3n) is 13.9. The van der Waals surface area contributed by atoms with E-state index in [0.29, 0.717) is 44.2 Å². The van der Waals surface area contributed by atoms with Crippen LogP contribution in [0, 0.1) is 50.7 Å². The van der Waals surface area contributed by atoms with Gasteiger partial charge in [-0.05, 0) is 65.2 Å². The Morgan fingerprint density at radius 3 is 2.04 bits per heavy atom. The summed E-state index contributed by atoms with van der Waals surface area (Å²) in [5.41, 5.74) is 4.63. The van der Waals surface area contributed by atoms with Crippen LogP contribution in [0.1, 0.15) is 126 Å². The van der Waals surface area contributed by atoms with Crippen LogP contribution in [0.2, 0.25) is 0 Å². The topological polar surface area (TPSA) is 152 Å². The molecule has 2 amide bonds. The van der Waals surface area contributed by atoms with Gasteiger partial charge in [-0.3, -0.25) is 24.0 Å². The van der Waals surface area contributed by atoms with E-state index in [9.17, 15) is 24.0 Å². The third kappa shape index (κ3) is 7.01. The van der Waals surface area contributed by atoms with Crippen LogP contribution in [0.15, 0.2) is 18.5 Å². The van der Waals surface area contributed by atoms with Crippen LogP contribution in [0.5, 0.6) is 0 Å². The van der Waals surface area contributed by atoms with E-state index in [1.165, 1.54) is 0 Å². The Morgan fingerprint density at radius 2 is 1.56 bits per heavy atom. The second-order valence-corrected chi connectivity index (χ2v) is 18.8. The molecule has 3 aliphatic carbocycles. The highest BCUT2D eigenvalue weighted by molar-refractivity contribution is 6.36. The fourth-order valence-corrected chi connectivity index (χ4v) is 9.95. The summed E-state index contributed by atoms with van der Waals surface area (Å²) >= 11 is 0. The van der Waals surface area contributed by atoms with Crippen LogP contribution >= 0.6 is 0 Å². The Labute approximate surface area is 298 Å². The van der Waals surface area contributed by atoms with Crippen molar-refractivity contribution in [2.45, 2.75) is 132 Å². The van der Waals surface area contributed by atoms with Crippen molar-refractivity contribution in [3.8, 4) is 0 Å². The number of nitrogens with zero attached hydrogens (tertiary/aromatic N) is 3. The summed E-state index contributed by atoms with van der Waals surface area (Å²) in [4.78, 5) is 78.6. The molecular weight excluding hydrogens is 630 g/mol. The van der Waals surface area contributed by atoms with Crippen LogP contribution in [0.4, 0.5) is 5.95 Å². The lowest BCUT2D eigenvalue weighted by Gasteiger charge is -2.36. The molecule has 10 heteroatoms. The minimum absolute atomic E-state index is 0.0144. The third-order valence-corrected chi connectivity index (χ3v) is 13.9. The maximum absolute atomic E-state index is 14.9. The number of ketones is 3. The van der Waals surface area contributed by atoms with Crippen LogP contribution < -0.4 is 11.1 Å². The first-order valence-electron chi connectivity index (χ1n) is 18.9. The molecule has 0 aromatic carbocycles. The van der Waals surface area contributed by atoms with Gasteiger partial charge in [-0.15, -0.1) is 0 Å². The molecule has 4 aliphatic rings. The molecule has 0 bridgehead atoms. The van der Waals surface area contributed by atoms with Gasteiger partial charge >= 0.3 is 0 Å². The lowest BCUT2D eigenvalue weighted by molar-refractivity contribution is -0.147. The molecule has 1 aliphatic heterocycles. The van der Waals surface area contributed by atoms with Gasteiger partial charge in [0, 0.05) is 62.0 Å². The summed E-state index contributed by atoms with van der Waals surface area (Å²) in [6.07, 6.45) is 11.1. The van der Waals surface area contributed by atoms with Gasteiger partial charge in [0.2, 0.25) is 17.6 Å². The molecule has 1 aromatic rings. The van der Waals surface area contributed by atoms with Gasteiger partial charge < -0.3 is 16.0 Å². The molecule has 5 atom stereocenters. The standard InChI is InChI=1S/C40H61N5O5/c1-36(2,3)27(23-44-35-42-16-11-17-43-35)20-28(46)21-29(37(4,5)6)34(50)45-24-40(38(7,8)39(40)14-10-15-39)22-30(45)31(47)19-26(32(48)33(41)49)18-25-12-9-13-25/h11,16-17,25-27,29-30H,9-10,12-15,18-24H2,1-8H3,(H2,41,49)(H,42,43,44)/t26?,27?,29-,30+,40-/m1/s1.